The highest BCUT2D eigenvalue weighted by molar-refractivity contribution is 7.07. The lowest BCUT2D eigenvalue weighted by atomic mass is 10.1. The van der Waals surface area contributed by atoms with Crippen LogP contribution in [-0.4, -0.2) is 6.54 Å². The molecule has 0 spiro atoms. The summed E-state index contributed by atoms with van der Waals surface area (Å²) in [5.41, 5.74) is 4.04. The molecule has 1 aromatic heterocycles. The number of hydrogen-bond donors (Lipinski definition) is 1. The molecule has 1 N–H and O–H groups in total. The minimum Gasteiger partial charge on any atom is -0.385 e. The van der Waals surface area contributed by atoms with E-state index in [2.05, 4.69) is 53.3 Å². The fourth-order valence-corrected chi connectivity index (χ4v) is 2.39. The number of anilines is 1. The predicted octanol–water partition coefficient (Wildman–Crippen LogP) is 3.97. The van der Waals surface area contributed by atoms with Crippen LogP contribution in [0, 0.1) is 0 Å². The third-order valence-electron chi connectivity index (χ3n) is 2.66. The smallest absolute Gasteiger partial charge is 0.0343 e. The molecule has 0 saturated heterocycles. The third-order valence-corrected chi connectivity index (χ3v) is 3.39. The van der Waals surface area contributed by atoms with Crippen LogP contribution in [0.25, 0.3) is 0 Å². The van der Waals surface area contributed by atoms with E-state index in [0.717, 1.165) is 19.4 Å². The lowest BCUT2D eigenvalue weighted by molar-refractivity contribution is 1.02. The molecule has 2 heteroatoms. The molecule has 0 aliphatic heterocycles. The molecule has 1 nitrogen and oxygen atoms in total. The molecule has 1 aromatic carbocycles. The summed E-state index contributed by atoms with van der Waals surface area (Å²) < 4.78 is 0. The number of nitrogens with one attached hydrogen (secondary N) is 1. The van der Waals surface area contributed by atoms with E-state index in [4.69, 9.17) is 0 Å². The van der Waals surface area contributed by atoms with Gasteiger partial charge in [0.25, 0.3) is 0 Å². The largest absolute Gasteiger partial charge is 0.385 e. The van der Waals surface area contributed by atoms with Crippen molar-refractivity contribution in [2.24, 2.45) is 0 Å². The first-order valence-corrected chi connectivity index (χ1v) is 6.66. The van der Waals surface area contributed by atoms with Gasteiger partial charge in [0.05, 0.1) is 0 Å². The van der Waals surface area contributed by atoms with Crippen LogP contribution in [0.3, 0.4) is 0 Å². The summed E-state index contributed by atoms with van der Waals surface area (Å²) in [4.78, 5) is 0. The quantitative estimate of drug-likeness (QED) is 0.821. The van der Waals surface area contributed by atoms with Crippen molar-refractivity contribution in [1.82, 2.24) is 0 Å². The molecule has 0 saturated carbocycles. The Morgan fingerprint density at radius 3 is 2.88 bits per heavy atom. The van der Waals surface area contributed by atoms with Crippen molar-refractivity contribution in [3.05, 3.63) is 52.2 Å². The van der Waals surface area contributed by atoms with Crippen LogP contribution in [0.2, 0.25) is 0 Å². The fraction of sp³-hybridized carbons (Fsp3) is 0.286. The third kappa shape index (κ3) is 3.11. The summed E-state index contributed by atoms with van der Waals surface area (Å²) in [6, 6.07) is 10.8. The van der Waals surface area contributed by atoms with E-state index in [1.54, 1.807) is 11.3 Å². The monoisotopic (exact) mass is 231 g/mol. The van der Waals surface area contributed by atoms with Crippen LogP contribution >= 0.6 is 11.3 Å². The van der Waals surface area contributed by atoms with Gasteiger partial charge in [-0.3, -0.25) is 0 Å². The molecule has 2 rings (SSSR count). The molecule has 0 amide bonds. The molecule has 0 fully saturated rings. The van der Waals surface area contributed by atoms with E-state index in [9.17, 15) is 0 Å². The van der Waals surface area contributed by atoms with Gasteiger partial charge in [-0.05, 0) is 52.9 Å². The number of benzene rings is 1. The van der Waals surface area contributed by atoms with Gasteiger partial charge in [0.15, 0.2) is 0 Å². The van der Waals surface area contributed by atoms with Gasteiger partial charge in [-0.1, -0.05) is 19.1 Å². The van der Waals surface area contributed by atoms with E-state index >= 15 is 0 Å². The Kier molecular flexibility index (Phi) is 4.00. The van der Waals surface area contributed by atoms with Crippen molar-refractivity contribution in [3.8, 4) is 0 Å². The summed E-state index contributed by atoms with van der Waals surface area (Å²) in [6.45, 7) is 3.19. The molecule has 0 bridgehead atoms. The maximum atomic E-state index is 3.46. The first kappa shape index (κ1) is 11.2. The summed E-state index contributed by atoms with van der Waals surface area (Å²) >= 11 is 1.76. The van der Waals surface area contributed by atoms with Gasteiger partial charge in [-0.2, -0.15) is 11.3 Å². The lowest BCUT2D eigenvalue weighted by Gasteiger charge is -2.06. The second-order valence-corrected chi connectivity index (χ2v) is 4.64. The van der Waals surface area contributed by atoms with Gasteiger partial charge in [0, 0.05) is 12.2 Å². The van der Waals surface area contributed by atoms with Crippen LogP contribution in [0.4, 0.5) is 5.69 Å². The van der Waals surface area contributed by atoms with Crippen LogP contribution < -0.4 is 5.32 Å². The molecule has 1 heterocycles. The molecular weight excluding hydrogens is 214 g/mol. The van der Waals surface area contributed by atoms with E-state index in [1.165, 1.54) is 16.8 Å². The zero-order chi connectivity index (χ0) is 11.2. The van der Waals surface area contributed by atoms with Crippen molar-refractivity contribution in [2.45, 2.75) is 19.8 Å². The minimum absolute atomic E-state index is 1.00. The summed E-state index contributed by atoms with van der Waals surface area (Å²) in [5.74, 6) is 0. The highest BCUT2D eigenvalue weighted by Gasteiger charge is 1.95. The summed E-state index contributed by atoms with van der Waals surface area (Å²) in [5, 5.41) is 7.81. The second kappa shape index (κ2) is 5.71. The fourth-order valence-electron chi connectivity index (χ4n) is 1.69. The Balaban J connectivity index is 1.85. The lowest BCUT2D eigenvalue weighted by Crippen LogP contribution is -2.04. The van der Waals surface area contributed by atoms with Crippen molar-refractivity contribution in [2.75, 3.05) is 11.9 Å². The van der Waals surface area contributed by atoms with Crippen LogP contribution in [0.5, 0.6) is 0 Å². The first-order chi connectivity index (χ1) is 7.88. The van der Waals surface area contributed by atoms with Crippen molar-refractivity contribution in [3.63, 3.8) is 0 Å². The van der Waals surface area contributed by atoms with Crippen molar-refractivity contribution in [1.29, 1.82) is 0 Å². The highest BCUT2D eigenvalue weighted by atomic mass is 32.1. The van der Waals surface area contributed by atoms with Gasteiger partial charge in [0.2, 0.25) is 0 Å². The maximum absolute atomic E-state index is 3.46. The van der Waals surface area contributed by atoms with Crippen molar-refractivity contribution < 1.29 is 0 Å². The zero-order valence-electron chi connectivity index (χ0n) is 9.57. The average molecular weight is 231 g/mol. The average Bonchev–Trinajstić information content (AvgIpc) is 2.82. The number of thiophene rings is 1. The molecular formula is C14H17NS. The van der Waals surface area contributed by atoms with Gasteiger partial charge in [-0.15, -0.1) is 0 Å². The second-order valence-electron chi connectivity index (χ2n) is 3.86. The molecule has 0 aliphatic rings. The summed E-state index contributed by atoms with van der Waals surface area (Å²) in [7, 11) is 0. The van der Waals surface area contributed by atoms with E-state index in [1.807, 2.05) is 0 Å². The number of aryl methyl sites for hydroxylation is 1. The molecule has 16 heavy (non-hydrogen) atoms. The minimum atomic E-state index is 1.00. The van der Waals surface area contributed by atoms with Gasteiger partial charge in [-0.25, -0.2) is 0 Å². The van der Waals surface area contributed by atoms with Crippen LogP contribution in [0.15, 0.2) is 41.1 Å². The number of hydrogen-bond acceptors (Lipinski definition) is 2. The molecule has 0 aliphatic carbocycles. The zero-order valence-corrected chi connectivity index (χ0v) is 10.4. The van der Waals surface area contributed by atoms with Gasteiger partial charge < -0.3 is 5.32 Å². The topological polar surface area (TPSA) is 12.0 Å². The normalized spacial score (nSPS) is 10.3. The van der Waals surface area contributed by atoms with Crippen molar-refractivity contribution >= 4 is 17.0 Å². The van der Waals surface area contributed by atoms with Crippen LogP contribution in [-0.2, 0) is 12.8 Å². The maximum Gasteiger partial charge on any atom is 0.0343 e. The highest BCUT2D eigenvalue weighted by Crippen LogP contribution is 2.12. The molecule has 0 unspecified atom stereocenters. The molecule has 0 radical (unpaired) electrons. The Morgan fingerprint density at radius 2 is 2.12 bits per heavy atom. The van der Waals surface area contributed by atoms with E-state index < -0.39 is 0 Å². The van der Waals surface area contributed by atoms with E-state index in [-0.39, 0.29) is 0 Å². The SMILES string of the molecule is CCc1cccc(NCCc2ccsc2)c1. The molecule has 84 valence electrons. The van der Waals surface area contributed by atoms with Gasteiger partial charge in [0.1, 0.15) is 0 Å². The van der Waals surface area contributed by atoms with E-state index in [0.29, 0.717) is 0 Å². The standard InChI is InChI=1S/C14H17NS/c1-2-12-4-3-5-14(10-12)15-8-6-13-7-9-16-11-13/h3-5,7,9-11,15H,2,6,8H2,1H3. The summed E-state index contributed by atoms with van der Waals surface area (Å²) in [6.07, 6.45) is 2.19. The predicted molar refractivity (Wildman–Crippen MR) is 72.3 cm³/mol. The first-order valence-electron chi connectivity index (χ1n) is 5.72. The Labute approximate surface area is 101 Å². The van der Waals surface area contributed by atoms with Crippen LogP contribution in [0.1, 0.15) is 18.1 Å². The Hall–Kier alpha value is -1.28. The number of rotatable bonds is 5. The molecule has 0 atom stereocenters. The molecule has 2 aromatic rings. The van der Waals surface area contributed by atoms with Gasteiger partial charge >= 0.3 is 0 Å². The Bertz CT molecular complexity index is 420. The Morgan fingerprint density at radius 1 is 1.19 bits per heavy atom.